The molecule has 0 unspecified atom stereocenters. The lowest BCUT2D eigenvalue weighted by Crippen LogP contribution is -2.26. The summed E-state index contributed by atoms with van der Waals surface area (Å²) in [5.41, 5.74) is 9.08. The van der Waals surface area contributed by atoms with E-state index in [1.54, 1.807) is 6.07 Å². The lowest BCUT2D eigenvalue weighted by Gasteiger charge is -2.20. The number of hydrogen-bond acceptors (Lipinski definition) is 3. The summed E-state index contributed by atoms with van der Waals surface area (Å²) in [4.78, 5) is 2.24. The summed E-state index contributed by atoms with van der Waals surface area (Å²) in [5, 5.41) is 0.293. The highest BCUT2D eigenvalue weighted by Gasteiger charge is 2.18. The molecule has 0 atom stereocenters. The van der Waals surface area contributed by atoms with E-state index < -0.39 is 0 Å². The molecule has 0 aliphatic carbocycles. The van der Waals surface area contributed by atoms with Crippen LogP contribution in [0.4, 0.5) is 15.8 Å². The predicted molar refractivity (Wildman–Crippen MR) is 83.7 cm³/mol. The average molecular weight is 307 g/mol. The first-order valence-electron chi connectivity index (χ1n) is 6.85. The second-order valence-corrected chi connectivity index (χ2v) is 5.46. The Hall–Kier alpha value is -1.94. The first-order valence-corrected chi connectivity index (χ1v) is 7.22. The van der Waals surface area contributed by atoms with Crippen LogP contribution in [0.15, 0.2) is 36.4 Å². The van der Waals surface area contributed by atoms with Crippen LogP contribution in [-0.2, 0) is 6.42 Å². The highest BCUT2D eigenvalue weighted by atomic mass is 35.5. The zero-order chi connectivity index (χ0) is 14.8. The number of anilines is 2. The van der Waals surface area contributed by atoms with Crippen LogP contribution in [0.5, 0.6) is 5.75 Å². The average Bonchev–Trinajstić information content (AvgIpc) is 2.84. The molecule has 0 fully saturated rings. The summed E-state index contributed by atoms with van der Waals surface area (Å²) in [6, 6.07) is 10.1. The Labute approximate surface area is 128 Å². The van der Waals surface area contributed by atoms with Crippen LogP contribution in [0.1, 0.15) is 5.56 Å². The van der Waals surface area contributed by atoms with Gasteiger partial charge in [0.25, 0.3) is 0 Å². The van der Waals surface area contributed by atoms with Crippen molar-refractivity contribution in [2.45, 2.75) is 6.42 Å². The minimum atomic E-state index is -0.365. The Balaban J connectivity index is 1.61. The molecule has 3 nitrogen and oxygen atoms in total. The van der Waals surface area contributed by atoms with Crippen molar-refractivity contribution in [1.29, 1.82) is 0 Å². The molecule has 0 aromatic heterocycles. The molecule has 0 amide bonds. The van der Waals surface area contributed by atoms with Crippen LogP contribution in [0.25, 0.3) is 0 Å². The van der Waals surface area contributed by atoms with E-state index in [0.29, 0.717) is 17.4 Å². The summed E-state index contributed by atoms with van der Waals surface area (Å²) in [6.07, 6.45) is 1.02. The van der Waals surface area contributed by atoms with Crippen LogP contribution in [0, 0.1) is 5.82 Å². The molecule has 2 N–H and O–H groups in total. The van der Waals surface area contributed by atoms with E-state index in [4.69, 9.17) is 22.1 Å². The van der Waals surface area contributed by atoms with Gasteiger partial charge >= 0.3 is 0 Å². The van der Waals surface area contributed by atoms with Crippen molar-refractivity contribution in [1.82, 2.24) is 0 Å². The van der Waals surface area contributed by atoms with Gasteiger partial charge in [-0.1, -0.05) is 17.7 Å². The van der Waals surface area contributed by atoms with Gasteiger partial charge in [-0.15, -0.1) is 0 Å². The van der Waals surface area contributed by atoms with Gasteiger partial charge in [-0.25, -0.2) is 4.39 Å². The number of benzene rings is 2. The van der Waals surface area contributed by atoms with Crippen molar-refractivity contribution in [3.05, 3.63) is 52.8 Å². The molecule has 2 aromatic rings. The van der Waals surface area contributed by atoms with Crippen molar-refractivity contribution < 1.29 is 9.13 Å². The number of rotatable bonds is 4. The molecule has 1 aliphatic rings. The molecule has 0 spiro atoms. The number of nitrogens with two attached hydrogens (primary N) is 1. The second-order valence-electron chi connectivity index (χ2n) is 5.05. The van der Waals surface area contributed by atoms with Crippen LogP contribution in [-0.4, -0.2) is 19.7 Å². The van der Waals surface area contributed by atoms with E-state index in [1.165, 1.54) is 23.4 Å². The molecule has 110 valence electrons. The van der Waals surface area contributed by atoms with E-state index in [0.717, 1.165) is 25.2 Å². The lowest BCUT2D eigenvalue weighted by atomic mass is 10.1. The van der Waals surface area contributed by atoms with Gasteiger partial charge in [0.15, 0.2) is 0 Å². The van der Waals surface area contributed by atoms with E-state index >= 15 is 0 Å². The molecular formula is C16H16ClFN2O. The van der Waals surface area contributed by atoms with Gasteiger partial charge in [0, 0.05) is 17.9 Å². The summed E-state index contributed by atoms with van der Waals surface area (Å²) >= 11 is 5.93. The standard InChI is InChI=1S/C16H16ClFN2O/c17-14-9-12(18)2-4-16(14)21-8-7-20-6-5-11-1-3-13(19)10-15(11)20/h1-4,9-10H,5-8,19H2. The summed E-state index contributed by atoms with van der Waals surface area (Å²) < 4.78 is 18.6. The summed E-state index contributed by atoms with van der Waals surface area (Å²) in [7, 11) is 0. The Morgan fingerprint density at radius 1 is 1.24 bits per heavy atom. The quantitative estimate of drug-likeness (QED) is 0.879. The van der Waals surface area contributed by atoms with Gasteiger partial charge in [0.05, 0.1) is 11.6 Å². The van der Waals surface area contributed by atoms with Crippen LogP contribution >= 0.6 is 11.6 Å². The first kappa shape index (κ1) is 14.0. The first-order chi connectivity index (χ1) is 10.1. The van der Waals surface area contributed by atoms with Crippen LogP contribution in [0.2, 0.25) is 5.02 Å². The monoisotopic (exact) mass is 306 g/mol. The molecule has 1 aliphatic heterocycles. The van der Waals surface area contributed by atoms with Crippen LogP contribution < -0.4 is 15.4 Å². The maximum atomic E-state index is 13.0. The molecule has 5 heteroatoms. The van der Waals surface area contributed by atoms with Gasteiger partial charge in [-0.3, -0.25) is 0 Å². The molecule has 21 heavy (non-hydrogen) atoms. The summed E-state index contributed by atoms with van der Waals surface area (Å²) in [6.45, 7) is 2.18. The zero-order valence-electron chi connectivity index (χ0n) is 11.5. The van der Waals surface area contributed by atoms with E-state index in [-0.39, 0.29) is 5.82 Å². The van der Waals surface area contributed by atoms with Gasteiger partial charge < -0.3 is 15.4 Å². The zero-order valence-corrected chi connectivity index (χ0v) is 12.2. The highest BCUT2D eigenvalue weighted by molar-refractivity contribution is 6.32. The fraction of sp³-hybridized carbons (Fsp3) is 0.250. The van der Waals surface area contributed by atoms with Crippen LogP contribution in [0.3, 0.4) is 0 Å². The van der Waals surface area contributed by atoms with Crippen molar-refractivity contribution in [2.24, 2.45) is 0 Å². The van der Waals surface area contributed by atoms with E-state index in [9.17, 15) is 4.39 Å². The molecule has 2 aromatic carbocycles. The Kier molecular flexibility index (Phi) is 3.88. The molecule has 3 rings (SSSR count). The Bertz CT molecular complexity index is 663. The fourth-order valence-electron chi connectivity index (χ4n) is 2.55. The van der Waals surface area contributed by atoms with Crippen molar-refractivity contribution >= 4 is 23.0 Å². The van der Waals surface area contributed by atoms with Crippen molar-refractivity contribution in [3.8, 4) is 5.75 Å². The molecule has 0 bridgehead atoms. The number of fused-ring (bicyclic) bond motifs is 1. The number of halogens is 2. The van der Waals surface area contributed by atoms with Gasteiger partial charge in [0.2, 0.25) is 0 Å². The molecular weight excluding hydrogens is 291 g/mol. The number of hydrogen-bond donors (Lipinski definition) is 1. The smallest absolute Gasteiger partial charge is 0.138 e. The predicted octanol–water partition coefficient (Wildman–Crippen LogP) is 3.50. The third-order valence-electron chi connectivity index (χ3n) is 3.61. The van der Waals surface area contributed by atoms with Gasteiger partial charge in [-0.05, 0) is 42.3 Å². The topological polar surface area (TPSA) is 38.5 Å². The third kappa shape index (κ3) is 3.05. The van der Waals surface area contributed by atoms with Crippen molar-refractivity contribution in [3.63, 3.8) is 0 Å². The van der Waals surface area contributed by atoms with Gasteiger partial charge in [-0.2, -0.15) is 0 Å². The molecule has 0 saturated carbocycles. The fourth-order valence-corrected chi connectivity index (χ4v) is 2.77. The number of nitrogens with zero attached hydrogens (tertiary/aromatic N) is 1. The second kappa shape index (κ2) is 5.82. The molecule has 0 radical (unpaired) electrons. The normalized spacial score (nSPS) is 13.3. The highest BCUT2D eigenvalue weighted by Crippen LogP contribution is 2.30. The minimum Gasteiger partial charge on any atom is -0.490 e. The number of nitrogen functional groups attached to an aromatic ring is 1. The molecule has 1 heterocycles. The third-order valence-corrected chi connectivity index (χ3v) is 3.91. The molecule has 0 saturated heterocycles. The largest absolute Gasteiger partial charge is 0.490 e. The number of ether oxygens (including phenoxy) is 1. The lowest BCUT2D eigenvalue weighted by molar-refractivity contribution is 0.324. The Morgan fingerprint density at radius 3 is 2.90 bits per heavy atom. The Morgan fingerprint density at radius 2 is 2.10 bits per heavy atom. The van der Waals surface area contributed by atoms with Crippen molar-refractivity contribution in [2.75, 3.05) is 30.3 Å². The van der Waals surface area contributed by atoms with E-state index in [1.807, 2.05) is 12.1 Å². The maximum Gasteiger partial charge on any atom is 0.138 e. The minimum absolute atomic E-state index is 0.293. The van der Waals surface area contributed by atoms with E-state index in [2.05, 4.69) is 11.0 Å². The summed E-state index contributed by atoms with van der Waals surface area (Å²) in [5.74, 6) is 0.140. The maximum absolute atomic E-state index is 13.0. The van der Waals surface area contributed by atoms with Gasteiger partial charge in [0.1, 0.15) is 18.2 Å². The SMILES string of the molecule is Nc1ccc2c(c1)N(CCOc1ccc(F)cc1Cl)CC2.